The van der Waals surface area contributed by atoms with Crippen molar-refractivity contribution in [3.05, 3.63) is 47.8 Å². The summed E-state index contributed by atoms with van der Waals surface area (Å²) in [5, 5.41) is 0. The molecule has 0 aliphatic carbocycles. The van der Waals surface area contributed by atoms with Crippen molar-refractivity contribution in [3.63, 3.8) is 0 Å². The first-order valence-corrected chi connectivity index (χ1v) is 8.49. The summed E-state index contributed by atoms with van der Waals surface area (Å²) in [6, 6.07) is 6.50. The number of hydrogen-bond donors (Lipinski definition) is 2. The van der Waals surface area contributed by atoms with Crippen LogP contribution in [0.25, 0.3) is 11.1 Å². The summed E-state index contributed by atoms with van der Waals surface area (Å²) in [5.74, 6) is -1.07. The third-order valence-electron chi connectivity index (χ3n) is 3.21. The van der Waals surface area contributed by atoms with E-state index in [9.17, 15) is 13.2 Å². The highest BCUT2D eigenvalue weighted by atomic mass is 32.2. The van der Waals surface area contributed by atoms with Crippen molar-refractivity contribution in [2.45, 2.75) is 11.8 Å². The molecule has 0 fully saturated rings. The van der Waals surface area contributed by atoms with Crippen molar-refractivity contribution in [1.82, 2.24) is 4.98 Å². The van der Waals surface area contributed by atoms with E-state index in [2.05, 4.69) is 9.98 Å². The van der Waals surface area contributed by atoms with E-state index in [0.717, 1.165) is 6.26 Å². The Hall–Kier alpha value is -2.74. The molecule has 0 unspecified atom stereocenters. The number of aliphatic imine (C=N–C) groups is 1. The van der Waals surface area contributed by atoms with E-state index in [1.54, 1.807) is 37.5 Å². The fourth-order valence-electron chi connectivity index (χ4n) is 2.33. The molecule has 0 bridgehead atoms. The Morgan fingerprint density at radius 2 is 1.91 bits per heavy atom. The number of guanidine groups is 1. The largest absolute Gasteiger partial charge is 0.370 e. The third-order valence-corrected chi connectivity index (χ3v) is 4.48. The van der Waals surface area contributed by atoms with Crippen LogP contribution in [0.1, 0.15) is 15.9 Å². The van der Waals surface area contributed by atoms with Gasteiger partial charge in [-0.05, 0) is 24.6 Å². The molecule has 0 aliphatic rings. The molecule has 1 amide bonds. The summed E-state index contributed by atoms with van der Waals surface area (Å²) in [6.45, 7) is 1.55. The number of sulfone groups is 1. The maximum absolute atomic E-state index is 12.2. The van der Waals surface area contributed by atoms with Gasteiger partial charge in [-0.2, -0.15) is 4.99 Å². The Morgan fingerprint density at radius 3 is 2.43 bits per heavy atom. The molecule has 0 radical (unpaired) electrons. The van der Waals surface area contributed by atoms with Gasteiger partial charge in [-0.25, -0.2) is 8.42 Å². The summed E-state index contributed by atoms with van der Waals surface area (Å²) in [4.78, 5) is 19.6. The highest BCUT2D eigenvalue weighted by Crippen LogP contribution is 2.31. The zero-order valence-electron chi connectivity index (χ0n) is 12.6. The minimum atomic E-state index is -3.59. The number of pyridine rings is 1. The van der Waals surface area contributed by atoms with E-state index in [4.69, 9.17) is 11.5 Å². The second kappa shape index (κ2) is 6.17. The summed E-state index contributed by atoms with van der Waals surface area (Å²) in [6.07, 6.45) is 4.23. The summed E-state index contributed by atoms with van der Waals surface area (Å²) >= 11 is 0. The normalized spacial score (nSPS) is 11.0. The SMILES string of the molecule is Cc1c(C(=O)N=C(N)N)ccc(-c2cccnc2)c1S(C)(=O)=O. The van der Waals surface area contributed by atoms with E-state index in [1.807, 2.05) is 0 Å². The number of amides is 1. The summed E-state index contributed by atoms with van der Waals surface area (Å²) in [7, 11) is -3.59. The van der Waals surface area contributed by atoms with Crippen molar-refractivity contribution in [2.75, 3.05) is 6.26 Å². The van der Waals surface area contributed by atoms with Crippen LogP contribution in [0.5, 0.6) is 0 Å². The molecule has 8 heteroatoms. The summed E-state index contributed by atoms with van der Waals surface area (Å²) in [5.41, 5.74) is 11.9. The number of benzene rings is 1. The van der Waals surface area contributed by atoms with E-state index in [1.165, 1.54) is 6.07 Å². The van der Waals surface area contributed by atoms with Gasteiger partial charge in [-0.15, -0.1) is 0 Å². The van der Waals surface area contributed by atoms with E-state index in [-0.39, 0.29) is 16.4 Å². The lowest BCUT2D eigenvalue weighted by molar-refractivity contribution is 0.100. The van der Waals surface area contributed by atoms with Gasteiger partial charge in [-0.1, -0.05) is 12.1 Å². The molecule has 1 heterocycles. The maximum Gasteiger partial charge on any atom is 0.280 e. The quantitative estimate of drug-likeness (QED) is 0.634. The first-order chi connectivity index (χ1) is 10.7. The van der Waals surface area contributed by atoms with Crippen LogP contribution in [-0.2, 0) is 9.84 Å². The predicted molar refractivity (Wildman–Crippen MR) is 87.7 cm³/mol. The van der Waals surface area contributed by atoms with Crippen molar-refractivity contribution in [3.8, 4) is 11.1 Å². The monoisotopic (exact) mass is 332 g/mol. The highest BCUT2D eigenvalue weighted by Gasteiger charge is 2.22. The molecule has 2 aromatic rings. The lowest BCUT2D eigenvalue weighted by atomic mass is 10.0. The molecule has 1 aromatic heterocycles. The van der Waals surface area contributed by atoms with Crippen molar-refractivity contribution >= 4 is 21.7 Å². The van der Waals surface area contributed by atoms with E-state index < -0.39 is 15.7 Å². The molecule has 0 atom stereocenters. The van der Waals surface area contributed by atoms with E-state index in [0.29, 0.717) is 16.7 Å². The number of carbonyl (C=O) groups excluding carboxylic acids is 1. The Bertz CT molecular complexity index is 886. The van der Waals surface area contributed by atoms with Gasteiger partial charge in [0.2, 0.25) is 0 Å². The highest BCUT2D eigenvalue weighted by molar-refractivity contribution is 7.91. The fraction of sp³-hybridized carbons (Fsp3) is 0.133. The van der Waals surface area contributed by atoms with Crippen molar-refractivity contribution in [1.29, 1.82) is 0 Å². The Balaban J connectivity index is 2.76. The maximum atomic E-state index is 12.2. The zero-order chi connectivity index (χ0) is 17.2. The van der Waals surface area contributed by atoms with Crippen LogP contribution in [0.2, 0.25) is 0 Å². The number of rotatable bonds is 3. The Morgan fingerprint density at radius 1 is 1.22 bits per heavy atom. The topological polar surface area (TPSA) is 128 Å². The first-order valence-electron chi connectivity index (χ1n) is 6.60. The molecule has 7 nitrogen and oxygen atoms in total. The minimum Gasteiger partial charge on any atom is -0.370 e. The lowest BCUT2D eigenvalue weighted by Gasteiger charge is -2.13. The molecule has 0 aliphatic heterocycles. The molecule has 0 saturated carbocycles. The van der Waals surface area contributed by atoms with Crippen LogP contribution in [0, 0.1) is 6.92 Å². The van der Waals surface area contributed by atoms with Crippen LogP contribution < -0.4 is 11.5 Å². The molecule has 0 spiro atoms. The molecule has 120 valence electrons. The number of hydrogen-bond acceptors (Lipinski definition) is 4. The number of aromatic nitrogens is 1. The number of nitrogens with zero attached hydrogens (tertiary/aromatic N) is 2. The molecular formula is C15H16N4O3S. The van der Waals surface area contributed by atoms with Crippen LogP contribution in [-0.4, -0.2) is 31.5 Å². The second-order valence-electron chi connectivity index (χ2n) is 4.97. The molecular weight excluding hydrogens is 316 g/mol. The Labute approximate surface area is 134 Å². The van der Waals surface area contributed by atoms with Crippen LogP contribution in [0.3, 0.4) is 0 Å². The van der Waals surface area contributed by atoms with Crippen LogP contribution in [0.15, 0.2) is 46.5 Å². The lowest BCUT2D eigenvalue weighted by Crippen LogP contribution is -2.24. The van der Waals surface area contributed by atoms with Gasteiger partial charge in [0.05, 0.1) is 4.90 Å². The fourth-order valence-corrected chi connectivity index (χ4v) is 3.58. The van der Waals surface area contributed by atoms with E-state index >= 15 is 0 Å². The van der Waals surface area contributed by atoms with Crippen molar-refractivity contribution in [2.24, 2.45) is 16.5 Å². The summed E-state index contributed by atoms with van der Waals surface area (Å²) < 4.78 is 24.5. The Kier molecular flexibility index (Phi) is 4.46. The first kappa shape index (κ1) is 16.6. The average molecular weight is 332 g/mol. The number of carbonyl (C=O) groups is 1. The standard InChI is InChI=1S/C15H16N4O3S/c1-9-11(14(20)19-15(16)17)5-6-12(13(9)23(2,21)22)10-4-3-7-18-8-10/h3-8H,1-2H3,(H4,16,17,19,20). The minimum absolute atomic E-state index is 0.0575. The average Bonchev–Trinajstić information content (AvgIpc) is 2.45. The van der Waals surface area contributed by atoms with Gasteiger partial charge in [0.25, 0.3) is 5.91 Å². The van der Waals surface area contributed by atoms with Gasteiger partial charge in [0, 0.05) is 35.3 Å². The molecule has 1 aromatic carbocycles. The van der Waals surface area contributed by atoms with Crippen molar-refractivity contribution < 1.29 is 13.2 Å². The van der Waals surface area contributed by atoms with Crippen LogP contribution in [0.4, 0.5) is 0 Å². The third kappa shape index (κ3) is 3.54. The van der Waals surface area contributed by atoms with Gasteiger partial charge in [0.1, 0.15) is 0 Å². The van der Waals surface area contributed by atoms with Gasteiger partial charge >= 0.3 is 0 Å². The smallest absolute Gasteiger partial charge is 0.280 e. The van der Waals surface area contributed by atoms with Crippen LogP contribution >= 0.6 is 0 Å². The zero-order valence-corrected chi connectivity index (χ0v) is 13.5. The van der Waals surface area contributed by atoms with Gasteiger partial charge < -0.3 is 11.5 Å². The molecule has 0 saturated heterocycles. The number of nitrogens with two attached hydrogens (primary N) is 2. The predicted octanol–water partition coefficient (Wildman–Crippen LogP) is 0.874. The second-order valence-corrected chi connectivity index (χ2v) is 6.92. The molecule has 4 N–H and O–H groups in total. The van der Waals surface area contributed by atoms with Gasteiger partial charge in [-0.3, -0.25) is 9.78 Å². The molecule has 23 heavy (non-hydrogen) atoms. The van der Waals surface area contributed by atoms with Gasteiger partial charge in [0.15, 0.2) is 15.8 Å². The molecule has 2 rings (SSSR count).